The standard InChI is InChI=1S/C22H19F3N2O2/c23-22(24,25)17-9-5-11-19(13-17)27-21(29)20(16-7-2-1-3-8-16)26-18-10-4-6-15(12-18)14-28/h1-13,20,26,28H,14H2,(H,27,29)/t20-/m1/s1. The number of aliphatic hydroxyl groups excluding tert-OH is 1. The summed E-state index contributed by atoms with van der Waals surface area (Å²) in [4.78, 5) is 12.9. The number of carbonyl (C=O) groups excluding carboxylic acids is 1. The zero-order chi connectivity index (χ0) is 20.9. The van der Waals surface area contributed by atoms with Crippen LogP contribution in [0.2, 0.25) is 0 Å². The first-order chi connectivity index (χ1) is 13.9. The normalized spacial score (nSPS) is 12.3. The Morgan fingerprint density at radius 2 is 1.59 bits per heavy atom. The van der Waals surface area contributed by atoms with Gasteiger partial charge >= 0.3 is 6.18 Å². The summed E-state index contributed by atoms with van der Waals surface area (Å²) in [6.45, 7) is -0.151. The van der Waals surface area contributed by atoms with Crippen molar-refractivity contribution >= 4 is 17.3 Å². The monoisotopic (exact) mass is 400 g/mol. The van der Waals surface area contributed by atoms with Gasteiger partial charge in [-0.2, -0.15) is 13.2 Å². The molecule has 0 aliphatic rings. The average Bonchev–Trinajstić information content (AvgIpc) is 2.72. The fourth-order valence-corrected chi connectivity index (χ4v) is 2.86. The summed E-state index contributed by atoms with van der Waals surface area (Å²) in [5.74, 6) is -0.509. The van der Waals surface area contributed by atoms with Crippen LogP contribution in [0.1, 0.15) is 22.7 Å². The molecular formula is C22H19F3N2O2. The second-order valence-corrected chi connectivity index (χ2v) is 6.41. The van der Waals surface area contributed by atoms with Crippen LogP contribution in [0.5, 0.6) is 0 Å². The Morgan fingerprint density at radius 1 is 0.897 bits per heavy atom. The van der Waals surface area contributed by atoms with Gasteiger partial charge in [-0.3, -0.25) is 4.79 Å². The minimum Gasteiger partial charge on any atom is -0.392 e. The van der Waals surface area contributed by atoms with E-state index >= 15 is 0 Å². The summed E-state index contributed by atoms with van der Waals surface area (Å²) in [5, 5.41) is 15.0. The van der Waals surface area contributed by atoms with Gasteiger partial charge in [-0.15, -0.1) is 0 Å². The molecule has 1 amide bonds. The molecule has 0 saturated heterocycles. The first-order valence-electron chi connectivity index (χ1n) is 8.86. The lowest BCUT2D eigenvalue weighted by Crippen LogP contribution is -2.27. The van der Waals surface area contributed by atoms with Crippen molar-refractivity contribution in [1.82, 2.24) is 0 Å². The van der Waals surface area contributed by atoms with Crippen molar-refractivity contribution in [3.8, 4) is 0 Å². The SMILES string of the molecule is O=C(Nc1cccc(C(F)(F)F)c1)[C@H](Nc1cccc(CO)c1)c1ccccc1. The van der Waals surface area contributed by atoms with Crippen molar-refractivity contribution in [1.29, 1.82) is 0 Å². The summed E-state index contributed by atoms with van der Waals surface area (Å²) < 4.78 is 38.8. The highest BCUT2D eigenvalue weighted by molar-refractivity contribution is 5.97. The molecule has 0 aliphatic carbocycles. The number of nitrogens with one attached hydrogen (secondary N) is 2. The summed E-state index contributed by atoms with van der Waals surface area (Å²) in [6, 6.07) is 19.4. The smallest absolute Gasteiger partial charge is 0.392 e. The van der Waals surface area contributed by atoms with Crippen LogP contribution >= 0.6 is 0 Å². The molecule has 0 saturated carbocycles. The van der Waals surface area contributed by atoms with Crippen molar-refractivity contribution in [2.75, 3.05) is 10.6 Å². The van der Waals surface area contributed by atoms with Crippen LogP contribution < -0.4 is 10.6 Å². The molecule has 1 atom stereocenters. The van der Waals surface area contributed by atoms with Gasteiger partial charge in [-0.05, 0) is 41.5 Å². The fraction of sp³-hybridized carbons (Fsp3) is 0.136. The number of hydrogen-bond acceptors (Lipinski definition) is 3. The second kappa shape index (κ2) is 8.79. The van der Waals surface area contributed by atoms with Gasteiger partial charge in [0, 0.05) is 11.4 Å². The van der Waals surface area contributed by atoms with Crippen molar-refractivity contribution in [2.24, 2.45) is 0 Å². The van der Waals surface area contributed by atoms with E-state index in [1.165, 1.54) is 12.1 Å². The topological polar surface area (TPSA) is 61.4 Å². The van der Waals surface area contributed by atoms with Crippen molar-refractivity contribution in [3.63, 3.8) is 0 Å². The zero-order valence-electron chi connectivity index (χ0n) is 15.3. The van der Waals surface area contributed by atoms with Crippen molar-refractivity contribution in [3.05, 3.63) is 95.6 Å². The number of hydrogen-bond donors (Lipinski definition) is 3. The largest absolute Gasteiger partial charge is 0.416 e. The zero-order valence-corrected chi connectivity index (χ0v) is 15.3. The van der Waals surface area contributed by atoms with Crippen LogP contribution in [0.3, 0.4) is 0 Å². The highest BCUT2D eigenvalue weighted by Crippen LogP contribution is 2.31. The Balaban J connectivity index is 1.87. The number of carbonyl (C=O) groups is 1. The number of alkyl halides is 3. The molecule has 3 aromatic rings. The van der Waals surface area contributed by atoms with E-state index in [0.29, 0.717) is 16.8 Å². The third-order valence-electron chi connectivity index (χ3n) is 4.27. The molecular weight excluding hydrogens is 381 g/mol. The molecule has 0 spiro atoms. The van der Waals surface area contributed by atoms with E-state index in [0.717, 1.165) is 12.1 Å². The summed E-state index contributed by atoms with van der Waals surface area (Å²) in [7, 11) is 0. The van der Waals surface area contributed by atoms with Gasteiger partial charge in [0.1, 0.15) is 6.04 Å². The lowest BCUT2D eigenvalue weighted by molar-refractivity contribution is -0.137. The third-order valence-corrected chi connectivity index (χ3v) is 4.27. The molecule has 3 N–H and O–H groups in total. The number of anilines is 2. The van der Waals surface area contributed by atoms with Gasteiger partial charge in [-0.25, -0.2) is 0 Å². The first kappa shape index (κ1) is 20.4. The number of halogens is 3. The maximum atomic E-state index is 12.9. The Morgan fingerprint density at radius 3 is 2.28 bits per heavy atom. The van der Waals surface area contributed by atoms with E-state index in [1.807, 2.05) is 0 Å². The van der Waals surface area contributed by atoms with Crippen LogP contribution in [0, 0.1) is 0 Å². The van der Waals surface area contributed by atoms with Crippen LogP contribution in [-0.4, -0.2) is 11.0 Å². The van der Waals surface area contributed by atoms with Gasteiger partial charge in [0.25, 0.3) is 5.91 Å². The van der Waals surface area contributed by atoms with E-state index in [4.69, 9.17) is 0 Å². The molecule has 0 heterocycles. The van der Waals surface area contributed by atoms with Crippen molar-refractivity contribution < 1.29 is 23.1 Å². The predicted octanol–water partition coefficient (Wildman–Crippen LogP) is 4.99. The molecule has 150 valence electrons. The van der Waals surface area contributed by atoms with Crippen LogP contribution in [-0.2, 0) is 17.6 Å². The van der Waals surface area contributed by atoms with E-state index in [2.05, 4.69) is 10.6 Å². The minimum absolute atomic E-state index is 0.0525. The Labute approximate surface area is 166 Å². The van der Waals surface area contributed by atoms with Crippen LogP contribution in [0.25, 0.3) is 0 Å². The number of rotatable bonds is 6. The summed E-state index contributed by atoms with van der Waals surface area (Å²) >= 11 is 0. The molecule has 0 aliphatic heterocycles. The quantitative estimate of drug-likeness (QED) is 0.546. The molecule has 0 bridgehead atoms. The molecule has 0 aromatic heterocycles. The fourth-order valence-electron chi connectivity index (χ4n) is 2.86. The second-order valence-electron chi connectivity index (χ2n) is 6.41. The lowest BCUT2D eigenvalue weighted by Gasteiger charge is -2.21. The molecule has 4 nitrogen and oxygen atoms in total. The molecule has 0 fully saturated rings. The van der Waals surface area contributed by atoms with Gasteiger partial charge in [0.15, 0.2) is 0 Å². The average molecular weight is 400 g/mol. The highest BCUT2D eigenvalue weighted by atomic mass is 19.4. The summed E-state index contributed by atoms with van der Waals surface area (Å²) in [6.07, 6.45) is -4.50. The Kier molecular flexibility index (Phi) is 6.19. The predicted molar refractivity (Wildman–Crippen MR) is 105 cm³/mol. The molecule has 3 rings (SSSR count). The van der Waals surface area contributed by atoms with Gasteiger partial charge in [0.05, 0.1) is 12.2 Å². The Bertz CT molecular complexity index is 975. The highest BCUT2D eigenvalue weighted by Gasteiger charge is 2.30. The van der Waals surface area contributed by atoms with Crippen LogP contribution in [0.4, 0.5) is 24.5 Å². The molecule has 3 aromatic carbocycles. The lowest BCUT2D eigenvalue weighted by atomic mass is 10.0. The third kappa shape index (κ3) is 5.36. The molecule has 29 heavy (non-hydrogen) atoms. The number of aliphatic hydroxyl groups is 1. The molecule has 0 unspecified atom stereocenters. The van der Waals surface area contributed by atoms with E-state index in [9.17, 15) is 23.1 Å². The van der Waals surface area contributed by atoms with E-state index < -0.39 is 23.7 Å². The van der Waals surface area contributed by atoms with Crippen LogP contribution in [0.15, 0.2) is 78.9 Å². The minimum atomic E-state index is -4.50. The van der Waals surface area contributed by atoms with E-state index in [1.54, 1.807) is 54.6 Å². The van der Waals surface area contributed by atoms with Gasteiger partial charge < -0.3 is 15.7 Å². The maximum Gasteiger partial charge on any atom is 0.416 e. The molecule has 0 radical (unpaired) electrons. The number of benzene rings is 3. The first-order valence-corrected chi connectivity index (χ1v) is 8.86. The van der Waals surface area contributed by atoms with E-state index in [-0.39, 0.29) is 12.3 Å². The maximum absolute atomic E-state index is 12.9. The molecule has 7 heteroatoms. The van der Waals surface area contributed by atoms with Gasteiger partial charge in [0.2, 0.25) is 0 Å². The number of amides is 1. The van der Waals surface area contributed by atoms with Crippen molar-refractivity contribution in [2.45, 2.75) is 18.8 Å². The van der Waals surface area contributed by atoms with Gasteiger partial charge in [-0.1, -0.05) is 48.5 Å². The Hall–Kier alpha value is -3.32. The summed E-state index contributed by atoms with van der Waals surface area (Å²) in [5.41, 5.74) is 1.13.